The number of hydrogen-bond acceptors (Lipinski definition) is 6. The summed E-state index contributed by atoms with van der Waals surface area (Å²) >= 11 is 0. The summed E-state index contributed by atoms with van der Waals surface area (Å²) in [6.07, 6.45) is 2.44. The van der Waals surface area contributed by atoms with Gasteiger partial charge in [0.05, 0.1) is 52.9 Å². The molecular formula is C21H45NO6. The zero-order valence-electron chi connectivity index (χ0n) is 18.9. The zero-order valence-corrected chi connectivity index (χ0v) is 18.9. The topological polar surface area (TPSA) is 75.2 Å². The van der Waals surface area contributed by atoms with Crippen LogP contribution in [0.1, 0.15) is 53.9 Å². The molecule has 0 aliphatic heterocycles. The quantitative estimate of drug-likeness (QED) is 0.313. The van der Waals surface area contributed by atoms with Gasteiger partial charge in [0.1, 0.15) is 0 Å². The Balaban J connectivity index is 0. The van der Waals surface area contributed by atoms with E-state index in [0.717, 1.165) is 26.1 Å². The van der Waals surface area contributed by atoms with Crippen LogP contribution in [-0.2, 0) is 28.5 Å². The molecule has 0 aromatic rings. The average Bonchev–Trinajstić information content (AvgIpc) is 2.69. The first-order valence-corrected chi connectivity index (χ1v) is 10.8. The third-order valence-electron chi connectivity index (χ3n) is 3.35. The van der Waals surface area contributed by atoms with Gasteiger partial charge in [0.2, 0.25) is 5.91 Å². The Morgan fingerprint density at radius 1 is 0.714 bits per heavy atom. The second-order valence-electron chi connectivity index (χ2n) is 6.34. The van der Waals surface area contributed by atoms with E-state index < -0.39 is 0 Å². The van der Waals surface area contributed by atoms with Crippen LogP contribution >= 0.6 is 0 Å². The van der Waals surface area contributed by atoms with Gasteiger partial charge in [-0.2, -0.15) is 0 Å². The molecule has 7 nitrogen and oxygen atoms in total. The Bertz CT molecular complexity index is 303. The Kier molecular flexibility index (Phi) is 27.7. The van der Waals surface area contributed by atoms with Crippen LogP contribution < -0.4 is 5.32 Å². The lowest BCUT2D eigenvalue weighted by atomic mass is 10.1. The number of carbonyl (C=O) groups excluding carboxylic acids is 1. The fourth-order valence-corrected chi connectivity index (χ4v) is 1.84. The van der Waals surface area contributed by atoms with Gasteiger partial charge >= 0.3 is 0 Å². The third kappa shape index (κ3) is 27.5. The number of nitrogens with one attached hydrogen (secondary N) is 1. The molecule has 7 heteroatoms. The third-order valence-corrected chi connectivity index (χ3v) is 3.35. The summed E-state index contributed by atoms with van der Waals surface area (Å²) in [6.45, 7) is 16.7. The lowest BCUT2D eigenvalue weighted by molar-refractivity contribution is -0.122. The van der Waals surface area contributed by atoms with Crippen LogP contribution in [0.4, 0.5) is 0 Å². The Labute approximate surface area is 172 Å². The summed E-state index contributed by atoms with van der Waals surface area (Å²) in [5.74, 6) is 0.625. The number of ether oxygens (including phenoxy) is 5. The predicted octanol–water partition coefficient (Wildman–Crippen LogP) is 3.06. The first-order valence-electron chi connectivity index (χ1n) is 10.8. The lowest BCUT2D eigenvalue weighted by Crippen LogP contribution is -2.28. The molecule has 28 heavy (non-hydrogen) atoms. The molecule has 0 unspecified atom stereocenters. The first-order chi connectivity index (χ1) is 13.7. The van der Waals surface area contributed by atoms with Crippen molar-refractivity contribution in [1.82, 2.24) is 5.32 Å². The molecule has 0 radical (unpaired) electrons. The molecule has 0 atom stereocenters. The van der Waals surface area contributed by atoms with E-state index in [-0.39, 0.29) is 5.91 Å². The highest BCUT2D eigenvalue weighted by Gasteiger charge is 2.01. The van der Waals surface area contributed by atoms with E-state index in [0.29, 0.717) is 71.7 Å². The lowest BCUT2D eigenvalue weighted by Gasteiger charge is -2.08. The van der Waals surface area contributed by atoms with Gasteiger partial charge < -0.3 is 29.0 Å². The van der Waals surface area contributed by atoms with Crippen LogP contribution in [0.3, 0.4) is 0 Å². The molecular weight excluding hydrogens is 362 g/mol. The van der Waals surface area contributed by atoms with Crippen LogP contribution in [0, 0.1) is 5.92 Å². The molecule has 0 heterocycles. The molecule has 0 saturated carbocycles. The van der Waals surface area contributed by atoms with Crippen LogP contribution in [0.5, 0.6) is 0 Å². The maximum atomic E-state index is 11.6. The second kappa shape index (κ2) is 26.3. The van der Waals surface area contributed by atoms with Gasteiger partial charge in [0, 0.05) is 26.2 Å². The summed E-state index contributed by atoms with van der Waals surface area (Å²) in [7, 11) is 0. The van der Waals surface area contributed by atoms with Crippen molar-refractivity contribution in [3.8, 4) is 0 Å². The summed E-state index contributed by atoms with van der Waals surface area (Å²) in [5.41, 5.74) is 0. The molecule has 0 spiro atoms. The van der Waals surface area contributed by atoms with E-state index in [9.17, 15) is 4.79 Å². The van der Waals surface area contributed by atoms with Gasteiger partial charge in [0.25, 0.3) is 0 Å². The molecule has 0 rings (SSSR count). The predicted molar refractivity (Wildman–Crippen MR) is 113 cm³/mol. The number of amides is 1. The Hall–Kier alpha value is -0.730. The highest BCUT2D eigenvalue weighted by molar-refractivity contribution is 5.75. The van der Waals surface area contributed by atoms with E-state index in [1.165, 1.54) is 0 Å². The van der Waals surface area contributed by atoms with Gasteiger partial charge in [0.15, 0.2) is 0 Å². The number of hydrogen-bond donors (Lipinski definition) is 1. The van der Waals surface area contributed by atoms with E-state index in [2.05, 4.69) is 26.1 Å². The Morgan fingerprint density at radius 3 is 1.71 bits per heavy atom. The molecule has 0 fully saturated rings. The van der Waals surface area contributed by atoms with E-state index >= 15 is 0 Å². The summed E-state index contributed by atoms with van der Waals surface area (Å²) in [6, 6.07) is 0. The summed E-state index contributed by atoms with van der Waals surface area (Å²) < 4.78 is 26.8. The van der Waals surface area contributed by atoms with Crippen molar-refractivity contribution in [2.45, 2.75) is 53.9 Å². The van der Waals surface area contributed by atoms with Gasteiger partial charge in [-0.05, 0) is 18.8 Å². The van der Waals surface area contributed by atoms with E-state index in [1.54, 1.807) is 0 Å². The molecule has 170 valence electrons. The second-order valence-corrected chi connectivity index (χ2v) is 6.34. The van der Waals surface area contributed by atoms with Gasteiger partial charge in [-0.1, -0.05) is 34.6 Å². The monoisotopic (exact) mass is 407 g/mol. The minimum absolute atomic E-state index is 0.0290. The number of carbonyl (C=O) groups is 1. The van der Waals surface area contributed by atoms with Crippen molar-refractivity contribution in [1.29, 1.82) is 0 Å². The fourth-order valence-electron chi connectivity index (χ4n) is 1.84. The van der Waals surface area contributed by atoms with Crippen molar-refractivity contribution in [3.05, 3.63) is 0 Å². The van der Waals surface area contributed by atoms with Crippen LogP contribution in [0.2, 0.25) is 0 Å². The normalized spacial score (nSPS) is 10.6. The molecule has 0 aromatic carbocycles. The Morgan fingerprint density at radius 2 is 1.18 bits per heavy atom. The zero-order chi connectivity index (χ0) is 21.3. The molecule has 0 aromatic heterocycles. The van der Waals surface area contributed by atoms with Crippen molar-refractivity contribution in [3.63, 3.8) is 0 Å². The largest absolute Gasteiger partial charge is 0.379 e. The van der Waals surface area contributed by atoms with Crippen LogP contribution in [0.25, 0.3) is 0 Å². The standard InChI is InChI=1S/C19H39NO6.C2H6/c1-4-8-22-12-16-26-17-15-25-11-7-20-19(21)6-10-24-14-13-23-9-5-18(2)3;1-2/h18H,4-17H2,1-3H3,(H,20,21);1-2H3. The minimum Gasteiger partial charge on any atom is -0.379 e. The van der Waals surface area contributed by atoms with Crippen molar-refractivity contribution < 1.29 is 28.5 Å². The molecule has 1 N–H and O–H groups in total. The van der Waals surface area contributed by atoms with Crippen molar-refractivity contribution in [2.24, 2.45) is 5.92 Å². The molecule has 1 amide bonds. The first kappa shape index (κ1) is 29.5. The number of rotatable bonds is 20. The van der Waals surface area contributed by atoms with Gasteiger partial charge in [-0.3, -0.25) is 4.79 Å². The fraction of sp³-hybridized carbons (Fsp3) is 0.952. The molecule has 0 aliphatic carbocycles. The summed E-state index contributed by atoms with van der Waals surface area (Å²) in [4.78, 5) is 11.6. The summed E-state index contributed by atoms with van der Waals surface area (Å²) in [5, 5.41) is 2.80. The van der Waals surface area contributed by atoms with Crippen molar-refractivity contribution in [2.75, 3.05) is 72.6 Å². The minimum atomic E-state index is -0.0290. The maximum Gasteiger partial charge on any atom is 0.222 e. The van der Waals surface area contributed by atoms with Crippen molar-refractivity contribution >= 4 is 5.91 Å². The van der Waals surface area contributed by atoms with Crippen LogP contribution in [-0.4, -0.2) is 78.5 Å². The molecule has 0 bridgehead atoms. The van der Waals surface area contributed by atoms with E-state index in [4.69, 9.17) is 23.7 Å². The maximum absolute atomic E-state index is 11.6. The smallest absolute Gasteiger partial charge is 0.222 e. The van der Waals surface area contributed by atoms with E-state index in [1.807, 2.05) is 13.8 Å². The highest BCUT2D eigenvalue weighted by Crippen LogP contribution is 1.98. The average molecular weight is 408 g/mol. The van der Waals surface area contributed by atoms with Gasteiger partial charge in [-0.15, -0.1) is 0 Å². The highest BCUT2D eigenvalue weighted by atomic mass is 16.5. The molecule has 0 saturated heterocycles. The SMILES string of the molecule is CC.CCCOCCOCCOCCNC(=O)CCOCCOCCC(C)C. The van der Waals surface area contributed by atoms with Crippen LogP contribution in [0.15, 0.2) is 0 Å². The van der Waals surface area contributed by atoms with Gasteiger partial charge in [-0.25, -0.2) is 0 Å². The molecule has 0 aliphatic rings.